The molecular weight excluding hydrogens is 138 g/mol. The van der Waals surface area contributed by atoms with Crippen molar-refractivity contribution < 1.29 is 4.79 Å². The first-order valence-electron chi connectivity index (χ1n) is 4.24. The van der Waals surface area contributed by atoms with E-state index in [1.807, 2.05) is 0 Å². The van der Waals surface area contributed by atoms with Gasteiger partial charge in [0.05, 0.1) is 0 Å². The van der Waals surface area contributed by atoms with Gasteiger partial charge in [0.25, 0.3) is 0 Å². The first-order chi connectivity index (χ1) is 5.31. The quantitative estimate of drug-likeness (QED) is 0.434. The molecule has 2 heteroatoms. The van der Waals surface area contributed by atoms with E-state index in [1.165, 1.54) is 19.3 Å². The molecule has 0 heterocycles. The highest BCUT2D eigenvalue weighted by atomic mass is 16.1. The van der Waals surface area contributed by atoms with Crippen molar-refractivity contribution >= 4 is 5.78 Å². The van der Waals surface area contributed by atoms with E-state index in [-0.39, 0.29) is 5.78 Å². The Morgan fingerprint density at radius 1 is 1.27 bits per heavy atom. The molecular formula is C9H15NO. The van der Waals surface area contributed by atoms with E-state index in [0.29, 0.717) is 6.42 Å². The summed E-state index contributed by atoms with van der Waals surface area (Å²) in [6.07, 6.45) is 6.05. The lowest BCUT2D eigenvalue weighted by Crippen LogP contribution is -1.91. The summed E-state index contributed by atoms with van der Waals surface area (Å²) in [5, 5.41) is 8.14. The SMILES string of the molecule is CCCCCCCC(=O)C#N. The Morgan fingerprint density at radius 2 is 1.91 bits per heavy atom. The number of carbonyl (C=O) groups is 1. The maximum atomic E-state index is 10.5. The van der Waals surface area contributed by atoms with Gasteiger partial charge in [0.1, 0.15) is 6.07 Å². The second-order valence-corrected chi connectivity index (χ2v) is 2.70. The number of hydrogen-bond donors (Lipinski definition) is 0. The highest BCUT2D eigenvalue weighted by Gasteiger charge is 1.97. The van der Waals surface area contributed by atoms with Gasteiger partial charge in [0.15, 0.2) is 0 Å². The van der Waals surface area contributed by atoms with Gasteiger partial charge in [-0.3, -0.25) is 4.79 Å². The summed E-state index contributed by atoms with van der Waals surface area (Å²) in [6.45, 7) is 2.15. The lowest BCUT2D eigenvalue weighted by atomic mass is 10.1. The minimum absolute atomic E-state index is 0.276. The second-order valence-electron chi connectivity index (χ2n) is 2.70. The van der Waals surface area contributed by atoms with Crippen molar-refractivity contribution in [1.82, 2.24) is 0 Å². The molecule has 0 aliphatic carbocycles. The topological polar surface area (TPSA) is 40.9 Å². The summed E-state index contributed by atoms with van der Waals surface area (Å²) < 4.78 is 0. The molecule has 0 unspecified atom stereocenters. The molecule has 0 fully saturated rings. The van der Waals surface area contributed by atoms with E-state index in [9.17, 15) is 4.79 Å². The van der Waals surface area contributed by atoms with Gasteiger partial charge in [-0.15, -0.1) is 0 Å². The van der Waals surface area contributed by atoms with E-state index >= 15 is 0 Å². The normalized spacial score (nSPS) is 9.09. The number of nitriles is 1. The smallest absolute Gasteiger partial charge is 0.231 e. The van der Waals surface area contributed by atoms with Crippen molar-refractivity contribution in [3.8, 4) is 6.07 Å². The van der Waals surface area contributed by atoms with E-state index in [1.54, 1.807) is 6.07 Å². The van der Waals surface area contributed by atoms with E-state index in [4.69, 9.17) is 5.26 Å². The van der Waals surface area contributed by atoms with E-state index < -0.39 is 0 Å². The molecule has 0 saturated heterocycles. The Kier molecular flexibility index (Phi) is 6.71. The van der Waals surface area contributed by atoms with Crippen LogP contribution in [0.15, 0.2) is 0 Å². The Morgan fingerprint density at radius 3 is 2.45 bits per heavy atom. The van der Waals surface area contributed by atoms with Gasteiger partial charge >= 0.3 is 0 Å². The summed E-state index contributed by atoms with van der Waals surface area (Å²) in [6, 6.07) is 1.62. The zero-order chi connectivity index (χ0) is 8.53. The van der Waals surface area contributed by atoms with Gasteiger partial charge < -0.3 is 0 Å². The van der Waals surface area contributed by atoms with Gasteiger partial charge in [-0.2, -0.15) is 5.26 Å². The van der Waals surface area contributed by atoms with Crippen molar-refractivity contribution in [3.63, 3.8) is 0 Å². The number of hydrogen-bond acceptors (Lipinski definition) is 2. The molecule has 0 amide bonds. The van der Waals surface area contributed by atoms with Crippen molar-refractivity contribution in [2.45, 2.75) is 45.4 Å². The minimum Gasteiger partial charge on any atom is -0.283 e. The molecule has 2 nitrogen and oxygen atoms in total. The maximum absolute atomic E-state index is 10.5. The standard InChI is InChI=1S/C9H15NO/c1-2-3-4-5-6-7-9(11)8-10/h2-7H2,1H3. The zero-order valence-corrected chi connectivity index (χ0v) is 7.10. The second kappa shape index (κ2) is 7.27. The van der Waals surface area contributed by atoms with Crippen LogP contribution in [0.3, 0.4) is 0 Å². The summed E-state index contributed by atoms with van der Waals surface area (Å²) in [5.74, 6) is -0.276. The van der Waals surface area contributed by atoms with Gasteiger partial charge in [-0.1, -0.05) is 32.6 Å². The molecule has 0 spiro atoms. The van der Waals surface area contributed by atoms with Crippen molar-refractivity contribution in [3.05, 3.63) is 0 Å². The molecule has 11 heavy (non-hydrogen) atoms. The summed E-state index contributed by atoms with van der Waals surface area (Å²) in [4.78, 5) is 10.5. The molecule has 0 aromatic heterocycles. The molecule has 0 atom stereocenters. The highest BCUT2D eigenvalue weighted by Crippen LogP contribution is 2.04. The minimum atomic E-state index is -0.276. The number of rotatable bonds is 6. The van der Waals surface area contributed by atoms with Crippen LogP contribution in [0.5, 0.6) is 0 Å². The Bertz CT molecular complexity index is 146. The average Bonchev–Trinajstić information content (AvgIpc) is 2.04. The van der Waals surface area contributed by atoms with Crippen LogP contribution >= 0.6 is 0 Å². The first kappa shape index (κ1) is 10.2. The molecule has 62 valence electrons. The fourth-order valence-electron chi connectivity index (χ4n) is 0.945. The fourth-order valence-corrected chi connectivity index (χ4v) is 0.945. The van der Waals surface area contributed by atoms with Crippen molar-refractivity contribution in [2.75, 3.05) is 0 Å². The van der Waals surface area contributed by atoms with Gasteiger partial charge in [0.2, 0.25) is 5.78 Å². The predicted molar refractivity (Wildman–Crippen MR) is 44.0 cm³/mol. The maximum Gasteiger partial charge on any atom is 0.231 e. The largest absolute Gasteiger partial charge is 0.283 e. The fraction of sp³-hybridized carbons (Fsp3) is 0.778. The van der Waals surface area contributed by atoms with Crippen LogP contribution < -0.4 is 0 Å². The van der Waals surface area contributed by atoms with Crippen molar-refractivity contribution in [2.24, 2.45) is 0 Å². The number of nitrogens with zero attached hydrogens (tertiary/aromatic N) is 1. The molecule has 0 rings (SSSR count). The Hall–Kier alpha value is -0.840. The molecule has 0 aromatic carbocycles. The van der Waals surface area contributed by atoms with Gasteiger partial charge in [-0.05, 0) is 6.42 Å². The number of carbonyl (C=O) groups excluding carboxylic acids is 1. The summed E-state index contributed by atoms with van der Waals surface area (Å²) in [7, 11) is 0. The molecule has 0 aliphatic rings. The zero-order valence-electron chi connectivity index (χ0n) is 7.10. The van der Waals surface area contributed by atoms with Crippen LogP contribution in [-0.2, 0) is 4.79 Å². The number of unbranched alkanes of at least 4 members (excludes halogenated alkanes) is 4. The van der Waals surface area contributed by atoms with Gasteiger partial charge in [-0.25, -0.2) is 0 Å². The lowest BCUT2D eigenvalue weighted by Gasteiger charge is -1.95. The van der Waals surface area contributed by atoms with Crippen LogP contribution in [0.4, 0.5) is 0 Å². The summed E-state index contributed by atoms with van der Waals surface area (Å²) >= 11 is 0. The van der Waals surface area contributed by atoms with Gasteiger partial charge in [0, 0.05) is 6.42 Å². The first-order valence-corrected chi connectivity index (χ1v) is 4.24. The Labute approximate surface area is 68.2 Å². The molecule has 0 bridgehead atoms. The van der Waals surface area contributed by atoms with Crippen LogP contribution in [0.1, 0.15) is 45.4 Å². The highest BCUT2D eigenvalue weighted by molar-refractivity contribution is 5.93. The number of Topliss-reactive ketones (excluding diaryl/α,β-unsaturated/α-hetero) is 1. The number of ketones is 1. The summed E-state index contributed by atoms with van der Waals surface area (Å²) in [5.41, 5.74) is 0. The molecule has 0 saturated carbocycles. The molecule has 0 N–H and O–H groups in total. The van der Waals surface area contributed by atoms with Crippen LogP contribution in [0, 0.1) is 11.3 Å². The van der Waals surface area contributed by atoms with Crippen LogP contribution in [-0.4, -0.2) is 5.78 Å². The van der Waals surface area contributed by atoms with Crippen molar-refractivity contribution in [1.29, 1.82) is 5.26 Å². The molecule has 0 radical (unpaired) electrons. The predicted octanol–water partition coefficient (Wildman–Crippen LogP) is 2.44. The lowest BCUT2D eigenvalue weighted by molar-refractivity contribution is -0.114. The third kappa shape index (κ3) is 7.05. The molecule has 0 aromatic rings. The third-order valence-corrected chi connectivity index (χ3v) is 1.63. The molecule has 0 aliphatic heterocycles. The monoisotopic (exact) mass is 153 g/mol. The van der Waals surface area contributed by atoms with E-state index in [0.717, 1.165) is 12.8 Å². The van der Waals surface area contributed by atoms with Crippen LogP contribution in [0.25, 0.3) is 0 Å². The Balaban J connectivity index is 3.03. The van der Waals surface area contributed by atoms with Crippen LogP contribution in [0.2, 0.25) is 0 Å². The van der Waals surface area contributed by atoms with E-state index in [2.05, 4.69) is 6.92 Å². The average molecular weight is 153 g/mol. The third-order valence-electron chi connectivity index (χ3n) is 1.63.